The van der Waals surface area contributed by atoms with Crippen LogP contribution in [0.25, 0.3) is 0 Å². The zero-order chi connectivity index (χ0) is 10.7. The maximum Gasteiger partial charge on any atom is 0.251 e. The van der Waals surface area contributed by atoms with Gasteiger partial charge in [0.1, 0.15) is 5.15 Å². The quantitative estimate of drug-likeness (QED) is 0.801. The Labute approximate surface area is 93.8 Å². The van der Waals surface area contributed by atoms with E-state index in [0.717, 1.165) is 6.54 Å². The molecule has 0 unspecified atom stereocenters. The summed E-state index contributed by atoms with van der Waals surface area (Å²) in [6.45, 7) is 0.777. The van der Waals surface area contributed by atoms with Gasteiger partial charge in [-0.3, -0.25) is 4.79 Å². The molecule has 0 radical (unpaired) electrons. The summed E-state index contributed by atoms with van der Waals surface area (Å²) in [5, 5.41) is 3.26. The van der Waals surface area contributed by atoms with Crippen LogP contribution in [-0.2, 0) is 0 Å². The largest absolute Gasteiger partial charge is 0.352 e. The van der Waals surface area contributed by atoms with Crippen molar-refractivity contribution in [1.82, 2.24) is 10.3 Å². The van der Waals surface area contributed by atoms with Crippen molar-refractivity contribution < 1.29 is 4.79 Å². The van der Waals surface area contributed by atoms with E-state index in [-0.39, 0.29) is 5.91 Å². The Hall–Kier alpha value is -1.09. The number of nitrogens with one attached hydrogen (secondary N) is 1. The molecule has 1 fully saturated rings. The van der Waals surface area contributed by atoms with Gasteiger partial charge in [-0.15, -0.1) is 0 Å². The van der Waals surface area contributed by atoms with Crippen LogP contribution in [-0.4, -0.2) is 17.4 Å². The smallest absolute Gasteiger partial charge is 0.251 e. The molecule has 1 heterocycles. The van der Waals surface area contributed by atoms with Crippen LogP contribution < -0.4 is 5.32 Å². The lowest BCUT2D eigenvalue weighted by Crippen LogP contribution is -2.32. The molecule has 3 nitrogen and oxygen atoms in total. The van der Waals surface area contributed by atoms with E-state index in [4.69, 9.17) is 11.6 Å². The molecular weight excluding hydrogens is 212 g/mol. The van der Waals surface area contributed by atoms with Crippen molar-refractivity contribution in [2.75, 3.05) is 6.54 Å². The van der Waals surface area contributed by atoms with E-state index >= 15 is 0 Å². The van der Waals surface area contributed by atoms with E-state index in [9.17, 15) is 4.79 Å². The van der Waals surface area contributed by atoms with Crippen molar-refractivity contribution in [2.45, 2.75) is 19.3 Å². The van der Waals surface area contributed by atoms with Gasteiger partial charge >= 0.3 is 0 Å². The van der Waals surface area contributed by atoms with E-state index < -0.39 is 0 Å². The Kier molecular flexibility index (Phi) is 3.21. The molecule has 0 bridgehead atoms. The number of halogens is 1. The molecule has 1 aliphatic rings. The van der Waals surface area contributed by atoms with E-state index in [1.165, 1.54) is 19.3 Å². The molecule has 4 heteroatoms. The van der Waals surface area contributed by atoms with Crippen LogP contribution in [0.2, 0.25) is 5.15 Å². The molecule has 0 aliphatic heterocycles. The Morgan fingerprint density at radius 1 is 1.60 bits per heavy atom. The fourth-order valence-corrected chi connectivity index (χ4v) is 1.75. The zero-order valence-electron chi connectivity index (χ0n) is 8.37. The predicted octanol–water partition coefficient (Wildman–Crippen LogP) is 2.26. The topological polar surface area (TPSA) is 42.0 Å². The second-order valence-corrected chi connectivity index (χ2v) is 4.26. The number of hydrogen-bond donors (Lipinski definition) is 1. The highest BCUT2D eigenvalue weighted by Crippen LogP contribution is 2.25. The predicted molar refractivity (Wildman–Crippen MR) is 58.9 cm³/mol. The highest BCUT2D eigenvalue weighted by atomic mass is 35.5. The zero-order valence-corrected chi connectivity index (χ0v) is 9.13. The van der Waals surface area contributed by atoms with Gasteiger partial charge in [0.2, 0.25) is 0 Å². The van der Waals surface area contributed by atoms with Crippen molar-refractivity contribution in [3.05, 3.63) is 29.0 Å². The van der Waals surface area contributed by atoms with Crippen LogP contribution in [0.4, 0.5) is 0 Å². The third-order valence-electron chi connectivity index (χ3n) is 2.76. The summed E-state index contributed by atoms with van der Waals surface area (Å²) in [5.74, 6) is 0.609. The second-order valence-electron chi connectivity index (χ2n) is 3.87. The van der Waals surface area contributed by atoms with E-state index in [0.29, 0.717) is 16.6 Å². The maximum atomic E-state index is 11.6. The first-order valence-electron chi connectivity index (χ1n) is 5.15. The molecule has 0 saturated heterocycles. The fourth-order valence-electron chi connectivity index (χ4n) is 1.58. The first-order valence-corrected chi connectivity index (χ1v) is 5.53. The minimum Gasteiger partial charge on any atom is -0.352 e. The van der Waals surface area contributed by atoms with Crippen LogP contribution in [0.5, 0.6) is 0 Å². The van der Waals surface area contributed by atoms with Gasteiger partial charge in [0, 0.05) is 18.3 Å². The Morgan fingerprint density at radius 3 is 3.00 bits per heavy atom. The average Bonchev–Trinajstić information content (AvgIpc) is 2.15. The van der Waals surface area contributed by atoms with Crippen LogP contribution >= 0.6 is 11.6 Å². The summed E-state index contributed by atoms with van der Waals surface area (Å²) >= 11 is 5.70. The molecule has 1 aromatic rings. The molecule has 2 rings (SSSR count). The molecule has 15 heavy (non-hydrogen) atoms. The van der Waals surface area contributed by atoms with Gasteiger partial charge in [-0.1, -0.05) is 18.0 Å². The molecule has 0 aromatic carbocycles. The third-order valence-corrected chi connectivity index (χ3v) is 2.97. The van der Waals surface area contributed by atoms with Gasteiger partial charge in [0.25, 0.3) is 5.91 Å². The summed E-state index contributed by atoms with van der Waals surface area (Å²) in [6, 6.07) is 3.25. The number of pyridine rings is 1. The summed E-state index contributed by atoms with van der Waals surface area (Å²) in [5.41, 5.74) is 0.578. The van der Waals surface area contributed by atoms with E-state index in [2.05, 4.69) is 10.3 Å². The normalized spacial score (nSPS) is 15.8. The van der Waals surface area contributed by atoms with Crippen molar-refractivity contribution in [3.8, 4) is 0 Å². The molecule has 80 valence electrons. The minimum absolute atomic E-state index is 0.0637. The summed E-state index contributed by atoms with van der Waals surface area (Å²) in [4.78, 5) is 15.5. The number of rotatable bonds is 3. The lowest BCUT2D eigenvalue weighted by molar-refractivity contribution is 0.0939. The number of nitrogens with zero attached hydrogens (tertiary/aromatic N) is 1. The lowest BCUT2D eigenvalue weighted by atomic mass is 9.85. The lowest BCUT2D eigenvalue weighted by Gasteiger charge is -2.25. The van der Waals surface area contributed by atoms with Crippen LogP contribution in [0, 0.1) is 5.92 Å². The van der Waals surface area contributed by atoms with Crippen molar-refractivity contribution in [2.24, 2.45) is 5.92 Å². The minimum atomic E-state index is -0.0637. The summed E-state index contributed by atoms with van der Waals surface area (Å²) < 4.78 is 0. The highest BCUT2D eigenvalue weighted by Gasteiger charge is 2.18. The van der Waals surface area contributed by atoms with Crippen molar-refractivity contribution in [3.63, 3.8) is 0 Å². The number of hydrogen-bond acceptors (Lipinski definition) is 2. The maximum absolute atomic E-state index is 11.6. The van der Waals surface area contributed by atoms with Gasteiger partial charge in [-0.25, -0.2) is 4.98 Å². The number of carbonyl (C=O) groups is 1. The first kappa shape index (κ1) is 10.4. The Balaban J connectivity index is 1.89. The Bertz CT molecular complexity index is 363. The summed E-state index contributed by atoms with van der Waals surface area (Å²) in [6.07, 6.45) is 5.30. The molecule has 1 aromatic heterocycles. The molecular formula is C11H13ClN2O. The monoisotopic (exact) mass is 224 g/mol. The Morgan fingerprint density at radius 2 is 2.40 bits per heavy atom. The van der Waals surface area contributed by atoms with Crippen LogP contribution in [0.15, 0.2) is 18.3 Å². The number of aromatic nitrogens is 1. The van der Waals surface area contributed by atoms with Crippen molar-refractivity contribution >= 4 is 17.5 Å². The average molecular weight is 225 g/mol. The molecule has 1 N–H and O–H groups in total. The van der Waals surface area contributed by atoms with E-state index in [1.54, 1.807) is 18.3 Å². The molecule has 1 amide bonds. The van der Waals surface area contributed by atoms with Gasteiger partial charge in [-0.05, 0) is 30.9 Å². The molecule has 1 aliphatic carbocycles. The fraction of sp³-hybridized carbons (Fsp3) is 0.455. The second kappa shape index (κ2) is 4.62. The van der Waals surface area contributed by atoms with Gasteiger partial charge in [0.05, 0.1) is 0 Å². The van der Waals surface area contributed by atoms with Gasteiger partial charge in [0.15, 0.2) is 0 Å². The van der Waals surface area contributed by atoms with Gasteiger partial charge in [-0.2, -0.15) is 0 Å². The summed E-state index contributed by atoms with van der Waals surface area (Å²) in [7, 11) is 0. The van der Waals surface area contributed by atoms with E-state index in [1.807, 2.05) is 0 Å². The standard InChI is InChI=1S/C11H13ClN2O/c12-10-6-9(4-5-13-10)11(15)14-7-8-2-1-3-8/h4-6,8H,1-3,7H2,(H,14,15). The number of carbonyl (C=O) groups excluding carboxylic acids is 1. The van der Waals surface area contributed by atoms with Crippen LogP contribution in [0.1, 0.15) is 29.6 Å². The van der Waals surface area contributed by atoms with Gasteiger partial charge < -0.3 is 5.32 Å². The molecule has 0 spiro atoms. The molecule has 0 atom stereocenters. The number of amides is 1. The SMILES string of the molecule is O=C(NCC1CCC1)c1ccnc(Cl)c1. The third kappa shape index (κ3) is 2.69. The highest BCUT2D eigenvalue weighted by molar-refractivity contribution is 6.29. The van der Waals surface area contributed by atoms with Crippen molar-refractivity contribution in [1.29, 1.82) is 0 Å². The first-order chi connectivity index (χ1) is 7.25. The van der Waals surface area contributed by atoms with Crippen LogP contribution in [0.3, 0.4) is 0 Å². The molecule has 1 saturated carbocycles.